The first-order chi connectivity index (χ1) is 5.04. The van der Waals surface area contributed by atoms with Crippen LogP contribution in [0.15, 0.2) is 19.5 Å². The quantitative estimate of drug-likeness (QED) is 0.484. The Hall–Kier alpha value is 0.520. The lowest BCUT2D eigenvalue weighted by Crippen LogP contribution is -1.86. The molecule has 0 aliphatic rings. The third-order valence-electron chi connectivity index (χ3n) is 1.06. The molecular weight excluding hydrogens is 350 g/mol. The van der Waals surface area contributed by atoms with E-state index < -0.39 is 11.6 Å². The Balaban J connectivity index is 3.46. The number of hydrogen-bond donors (Lipinski definition) is 0. The summed E-state index contributed by atoms with van der Waals surface area (Å²) in [5.74, 6) is -1.02. The van der Waals surface area contributed by atoms with E-state index in [1.54, 1.807) is 0 Å². The second-order valence-corrected chi connectivity index (χ2v) is 4.22. The van der Waals surface area contributed by atoms with Crippen LogP contribution in [0.1, 0.15) is 0 Å². The topological polar surface area (TPSA) is 0 Å². The minimum atomic E-state index is -0.515. The van der Waals surface area contributed by atoms with E-state index in [4.69, 9.17) is 0 Å². The fourth-order valence-electron chi connectivity index (χ4n) is 0.544. The molecule has 0 radical (unpaired) electrons. The van der Waals surface area contributed by atoms with E-state index in [1.807, 2.05) is 0 Å². The molecule has 0 N–H and O–H groups in total. The highest BCUT2D eigenvalue weighted by Crippen LogP contribution is 2.32. The maximum atomic E-state index is 12.9. The van der Waals surface area contributed by atoms with Gasteiger partial charge in [-0.3, -0.25) is 0 Å². The molecule has 0 atom stereocenters. The number of benzene rings is 1. The first-order valence-electron chi connectivity index (χ1n) is 2.52. The van der Waals surface area contributed by atoms with Gasteiger partial charge in [-0.1, -0.05) is 0 Å². The van der Waals surface area contributed by atoms with Crippen LogP contribution >= 0.6 is 47.8 Å². The number of halogens is 5. The molecule has 0 unspecified atom stereocenters. The Morgan fingerprint density at radius 3 is 2.09 bits per heavy atom. The van der Waals surface area contributed by atoms with Crippen LogP contribution in [0.4, 0.5) is 8.78 Å². The average Bonchev–Trinajstić information content (AvgIpc) is 1.97. The highest BCUT2D eigenvalue weighted by molar-refractivity contribution is 9.13. The zero-order valence-corrected chi connectivity index (χ0v) is 9.73. The highest BCUT2D eigenvalue weighted by Gasteiger charge is 2.12. The predicted molar refractivity (Wildman–Crippen MR) is 49.5 cm³/mol. The van der Waals surface area contributed by atoms with Gasteiger partial charge in [0.25, 0.3) is 0 Å². The zero-order chi connectivity index (χ0) is 8.59. The van der Waals surface area contributed by atoms with Gasteiger partial charge >= 0.3 is 0 Å². The minimum Gasteiger partial charge on any atom is -0.206 e. The first-order valence-corrected chi connectivity index (χ1v) is 4.90. The highest BCUT2D eigenvalue weighted by atomic mass is 79.9. The second-order valence-electron chi connectivity index (χ2n) is 1.78. The molecule has 0 saturated heterocycles. The van der Waals surface area contributed by atoms with Crippen molar-refractivity contribution in [3.8, 4) is 0 Å². The monoisotopic (exact) mass is 348 g/mol. The maximum absolute atomic E-state index is 12.9. The van der Waals surface area contributed by atoms with Gasteiger partial charge in [-0.05, 0) is 53.9 Å². The summed E-state index contributed by atoms with van der Waals surface area (Å²) in [4.78, 5) is 0. The van der Waals surface area contributed by atoms with Crippen LogP contribution in [0, 0.1) is 11.6 Å². The van der Waals surface area contributed by atoms with Crippen LogP contribution in [0.25, 0.3) is 0 Å². The normalized spacial score (nSPS) is 10.3. The molecule has 11 heavy (non-hydrogen) atoms. The van der Waals surface area contributed by atoms with Gasteiger partial charge in [-0.2, -0.15) is 0 Å². The van der Waals surface area contributed by atoms with E-state index >= 15 is 0 Å². The summed E-state index contributed by atoms with van der Waals surface area (Å²) in [5, 5.41) is 0. The standard InChI is InChI=1S/C6HBr3F2/c7-2-1-3(10)4(8)5(9)6(2)11/h1H. The molecule has 60 valence electrons. The lowest BCUT2D eigenvalue weighted by Gasteiger charge is -2.01. The van der Waals surface area contributed by atoms with Gasteiger partial charge in [0.2, 0.25) is 0 Å². The molecule has 0 aromatic heterocycles. The minimum absolute atomic E-state index is 0.0874. The van der Waals surface area contributed by atoms with E-state index in [0.29, 0.717) is 0 Å². The Kier molecular flexibility index (Phi) is 3.05. The molecule has 1 rings (SSSR count). The summed E-state index contributed by atoms with van der Waals surface area (Å²) < 4.78 is 25.9. The summed E-state index contributed by atoms with van der Waals surface area (Å²) in [6.07, 6.45) is 0. The third-order valence-corrected chi connectivity index (χ3v) is 3.69. The van der Waals surface area contributed by atoms with Gasteiger partial charge in [0.15, 0.2) is 5.82 Å². The molecule has 1 aromatic carbocycles. The molecule has 0 bridgehead atoms. The van der Waals surface area contributed by atoms with Crippen LogP contribution in [-0.4, -0.2) is 0 Å². The van der Waals surface area contributed by atoms with Crippen molar-refractivity contribution in [2.24, 2.45) is 0 Å². The molecule has 0 aliphatic heterocycles. The lowest BCUT2D eigenvalue weighted by molar-refractivity contribution is 0.583. The fraction of sp³-hybridized carbons (Fsp3) is 0. The molecule has 0 aliphatic carbocycles. The number of hydrogen-bond acceptors (Lipinski definition) is 0. The van der Waals surface area contributed by atoms with Crippen molar-refractivity contribution in [2.75, 3.05) is 0 Å². The van der Waals surface area contributed by atoms with E-state index in [2.05, 4.69) is 47.8 Å². The van der Waals surface area contributed by atoms with Gasteiger partial charge in [-0.15, -0.1) is 0 Å². The van der Waals surface area contributed by atoms with Gasteiger partial charge in [0.1, 0.15) is 5.82 Å². The Morgan fingerprint density at radius 2 is 1.55 bits per heavy atom. The van der Waals surface area contributed by atoms with Crippen molar-refractivity contribution in [3.05, 3.63) is 31.1 Å². The van der Waals surface area contributed by atoms with Crippen LogP contribution in [-0.2, 0) is 0 Å². The number of rotatable bonds is 0. The van der Waals surface area contributed by atoms with Crippen molar-refractivity contribution < 1.29 is 8.78 Å². The molecule has 0 nitrogen and oxygen atoms in total. The average molecular weight is 351 g/mol. The maximum Gasteiger partial charge on any atom is 0.152 e. The lowest BCUT2D eigenvalue weighted by atomic mass is 10.3. The Bertz CT molecular complexity index is 272. The summed E-state index contributed by atoms with van der Waals surface area (Å²) in [6.45, 7) is 0. The van der Waals surface area contributed by atoms with Crippen LogP contribution in [0.2, 0.25) is 0 Å². The van der Waals surface area contributed by atoms with E-state index in [-0.39, 0.29) is 13.4 Å². The molecule has 1 aromatic rings. The molecule has 5 heteroatoms. The Morgan fingerprint density at radius 1 is 1.00 bits per heavy atom. The van der Waals surface area contributed by atoms with Crippen LogP contribution in [0.5, 0.6) is 0 Å². The summed E-state index contributed by atoms with van der Waals surface area (Å²) >= 11 is 8.64. The zero-order valence-electron chi connectivity index (χ0n) is 4.97. The summed E-state index contributed by atoms with van der Waals surface area (Å²) in [5.41, 5.74) is 0. The molecular formula is C6HBr3F2. The van der Waals surface area contributed by atoms with Crippen molar-refractivity contribution >= 4 is 47.8 Å². The molecule has 0 spiro atoms. The Labute approximate surface area is 87.4 Å². The summed E-state index contributed by atoms with van der Waals surface area (Å²) in [6, 6.07) is 1.06. The SMILES string of the molecule is Fc1cc(Br)c(F)c(Br)c1Br. The van der Waals surface area contributed by atoms with E-state index in [9.17, 15) is 8.78 Å². The molecule has 0 heterocycles. The fourth-order valence-corrected chi connectivity index (χ4v) is 1.90. The first kappa shape index (κ1) is 9.61. The van der Waals surface area contributed by atoms with Crippen molar-refractivity contribution in [3.63, 3.8) is 0 Å². The van der Waals surface area contributed by atoms with E-state index in [0.717, 1.165) is 6.07 Å². The van der Waals surface area contributed by atoms with Crippen LogP contribution < -0.4 is 0 Å². The molecule has 0 saturated carbocycles. The van der Waals surface area contributed by atoms with Gasteiger partial charge in [0.05, 0.1) is 13.4 Å². The van der Waals surface area contributed by atoms with Gasteiger partial charge in [0, 0.05) is 0 Å². The smallest absolute Gasteiger partial charge is 0.152 e. The molecule has 0 amide bonds. The van der Waals surface area contributed by atoms with Crippen LogP contribution in [0.3, 0.4) is 0 Å². The van der Waals surface area contributed by atoms with Crippen molar-refractivity contribution in [2.45, 2.75) is 0 Å². The van der Waals surface area contributed by atoms with Gasteiger partial charge < -0.3 is 0 Å². The van der Waals surface area contributed by atoms with E-state index in [1.165, 1.54) is 0 Å². The largest absolute Gasteiger partial charge is 0.206 e. The predicted octanol–water partition coefficient (Wildman–Crippen LogP) is 4.25. The van der Waals surface area contributed by atoms with Gasteiger partial charge in [-0.25, -0.2) is 8.78 Å². The third kappa shape index (κ3) is 1.81. The second kappa shape index (κ2) is 3.49. The van der Waals surface area contributed by atoms with Crippen molar-refractivity contribution in [1.29, 1.82) is 0 Å². The summed E-state index contributed by atoms with van der Waals surface area (Å²) in [7, 11) is 0. The van der Waals surface area contributed by atoms with Crippen molar-refractivity contribution in [1.82, 2.24) is 0 Å². The molecule has 0 fully saturated rings.